The fraction of sp³-hybridized carbons (Fsp3) is 0.500. The zero-order chi connectivity index (χ0) is 16.0. The van der Waals surface area contributed by atoms with E-state index in [0.717, 1.165) is 35.8 Å². The predicted molar refractivity (Wildman–Crippen MR) is 90.5 cm³/mol. The third-order valence-electron chi connectivity index (χ3n) is 4.79. The van der Waals surface area contributed by atoms with E-state index in [1.807, 2.05) is 26.0 Å². The van der Waals surface area contributed by atoms with Crippen LogP contribution in [0.3, 0.4) is 0 Å². The molecule has 0 spiro atoms. The minimum Gasteiger partial charge on any atom is -0.493 e. The van der Waals surface area contributed by atoms with Crippen LogP contribution < -0.4 is 14.4 Å². The van der Waals surface area contributed by atoms with Crippen LogP contribution in [0.4, 0.5) is 5.69 Å². The summed E-state index contributed by atoms with van der Waals surface area (Å²) >= 11 is 0. The number of methoxy groups -OCH3 is 1. The van der Waals surface area contributed by atoms with Crippen LogP contribution in [-0.4, -0.2) is 36.5 Å². The molecule has 3 aliphatic rings. The second kappa shape index (κ2) is 5.48. The smallest absolute Gasteiger partial charge is 0.161 e. The Morgan fingerprint density at radius 2 is 2.00 bits per heavy atom. The average molecular weight is 313 g/mol. The molecule has 5 nitrogen and oxygen atoms in total. The summed E-state index contributed by atoms with van der Waals surface area (Å²) in [5.41, 5.74) is 4.69. The Balaban J connectivity index is 1.75. The van der Waals surface area contributed by atoms with Crippen molar-refractivity contribution >= 4 is 5.69 Å². The van der Waals surface area contributed by atoms with E-state index in [0.29, 0.717) is 5.92 Å². The first-order valence-corrected chi connectivity index (χ1v) is 8.35. The number of ether oxygens (including phenoxy) is 2. The number of H-pyrrole nitrogens is 1. The van der Waals surface area contributed by atoms with Crippen LogP contribution in [0.5, 0.6) is 11.5 Å². The Hall–Kier alpha value is -2.17. The van der Waals surface area contributed by atoms with Crippen molar-refractivity contribution in [1.29, 1.82) is 0 Å². The zero-order valence-electron chi connectivity index (χ0n) is 13.9. The molecule has 122 valence electrons. The van der Waals surface area contributed by atoms with Gasteiger partial charge >= 0.3 is 0 Å². The Kier molecular flexibility index (Phi) is 3.43. The van der Waals surface area contributed by atoms with E-state index >= 15 is 0 Å². The van der Waals surface area contributed by atoms with Crippen molar-refractivity contribution in [3.05, 3.63) is 23.9 Å². The fourth-order valence-corrected chi connectivity index (χ4v) is 3.71. The number of rotatable bonds is 4. The molecular formula is C18H23N3O2. The van der Waals surface area contributed by atoms with E-state index in [4.69, 9.17) is 9.47 Å². The van der Waals surface area contributed by atoms with Crippen molar-refractivity contribution < 1.29 is 9.47 Å². The highest BCUT2D eigenvalue weighted by Crippen LogP contribution is 2.46. The predicted octanol–water partition coefficient (Wildman–Crippen LogP) is 3.57. The van der Waals surface area contributed by atoms with E-state index in [1.54, 1.807) is 7.11 Å². The molecule has 23 heavy (non-hydrogen) atoms. The van der Waals surface area contributed by atoms with Crippen molar-refractivity contribution in [3.8, 4) is 22.8 Å². The Morgan fingerprint density at radius 3 is 2.70 bits per heavy atom. The second-order valence-corrected chi connectivity index (χ2v) is 6.63. The first-order valence-electron chi connectivity index (χ1n) is 8.35. The summed E-state index contributed by atoms with van der Waals surface area (Å²) < 4.78 is 11.3. The van der Waals surface area contributed by atoms with Crippen molar-refractivity contribution in [3.63, 3.8) is 0 Å². The molecule has 0 amide bonds. The van der Waals surface area contributed by atoms with Gasteiger partial charge in [-0.2, -0.15) is 5.10 Å². The lowest BCUT2D eigenvalue weighted by Gasteiger charge is -2.40. The summed E-state index contributed by atoms with van der Waals surface area (Å²) in [5.74, 6) is 2.17. The van der Waals surface area contributed by atoms with E-state index in [1.165, 1.54) is 24.2 Å². The Morgan fingerprint density at radius 1 is 1.22 bits per heavy atom. The normalized spacial score (nSPS) is 16.8. The van der Waals surface area contributed by atoms with Crippen LogP contribution >= 0.6 is 0 Å². The van der Waals surface area contributed by atoms with Gasteiger partial charge in [-0.05, 0) is 44.9 Å². The lowest BCUT2D eigenvalue weighted by atomic mass is 9.86. The van der Waals surface area contributed by atoms with Crippen molar-refractivity contribution in [2.24, 2.45) is 0 Å². The molecule has 5 rings (SSSR count). The molecule has 1 fully saturated rings. The summed E-state index contributed by atoms with van der Waals surface area (Å²) in [6.07, 6.45) is 2.59. The highest BCUT2D eigenvalue weighted by atomic mass is 16.5. The molecule has 2 aromatic rings. The highest BCUT2D eigenvalue weighted by Gasteiger charge is 2.35. The molecule has 0 saturated carbocycles. The van der Waals surface area contributed by atoms with Gasteiger partial charge in [0.1, 0.15) is 5.69 Å². The van der Waals surface area contributed by atoms with Crippen LogP contribution in [0.2, 0.25) is 0 Å². The number of nitrogens with one attached hydrogen (secondary N) is 1. The minimum atomic E-state index is 0.120. The van der Waals surface area contributed by atoms with E-state index in [2.05, 4.69) is 21.2 Å². The fourth-order valence-electron chi connectivity index (χ4n) is 3.71. The first-order chi connectivity index (χ1) is 11.2. The molecule has 1 aromatic carbocycles. The Bertz CT molecular complexity index is 715. The quantitative estimate of drug-likeness (QED) is 0.937. The topological polar surface area (TPSA) is 50.4 Å². The number of benzene rings is 1. The molecule has 0 aliphatic carbocycles. The van der Waals surface area contributed by atoms with Gasteiger partial charge in [0.15, 0.2) is 11.5 Å². The molecule has 1 aromatic heterocycles. The summed E-state index contributed by atoms with van der Waals surface area (Å²) in [4.78, 5) is 2.46. The van der Waals surface area contributed by atoms with Crippen LogP contribution in [0.1, 0.15) is 38.3 Å². The van der Waals surface area contributed by atoms with Crippen LogP contribution in [0.25, 0.3) is 11.3 Å². The molecule has 1 N–H and O–H groups in total. The molecule has 3 aliphatic heterocycles. The molecule has 4 heterocycles. The molecule has 1 saturated heterocycles. The van der Waals surface area contributed by atoms with Crippen molar-refractivity contribution in [2.45, 2.75) is 38.7 Å². The summed E-state index contributed by atoms with van der Waals surface area (Å²) in [7, 11) is 1.68. The molecular weight excluding hydrogens is 290 g/mol. The lowest BCUT2D eigenvalue weighted by Crippen LogP contribution is -2.38. The molecule has 0 radical (unpaired) electrons. The number of nitrogens with zero attached hydrogens (tertiary/aromatic N) is 2. The standard InChI is InChI=1S/C18H23N3O2/c1-11(2)23-14-5-4-13(10-15(14)22-3)17-18-16(19-20-17)12-6-8-21(18)9-7-12/h4-5,10-12H,6-9H2,1-3H3,(H,19,20). The number of anilines is 1. The minimum absolute atomic E-state index is 0.120. The average Bonchev–Trinajstić information content (AvgIpc) is 3.03. The number of hydrogen-bond acceptors (Lipinski definition) is 4. The largest absolute Gasteiger partial charge is 0.493 e. The summed E-state index contributed by atoms with van der Waals surface area (Å²) in [6.45, 7) is 6.30. The maximum atomic E-state index is 5.81. The monoisotopic (exact) mass is 313 g/mol. The number of aromatic nitrogens is 2. The van der Waals surface area contributed by atoms with Gasteiger partial charge in [0.2, 0.25) is 0 Å². The summed E-state index contributed by atoms with van der Waals surface area (Å²) in [5, 5.41) is 7.89. The number of fused-ring (bicyclic) bond motifs is 2. The van der Waals surface area contributed by atoms with Gasteiger partial charge < -0.3 is 14.4 Å². The Labute approximate surface area is 136 Å². The zero-order valence-corrected chi connectivity index (χ0v) is 13.9. The van der Waals surface area contributed by atoms with Gasteiger partial charge in [0.25, 0.3) is 0 Å². The van der Waals surface area contributed by atoms with E-state index in [-0.39, 0.29) is 6.10 Å². The number of hydrogen-bond donors (Lipinski definition) is 1. The molecule has 0 atom stereocenters. The van der Waals surface area contributed by atoms with Crippen molar-refractivity contribution in [1.82, 2.24) is 10.2 Å². The van der Waals surface area contributed by atoms with Gasteiger partial charge in [-0.3, -0.25) is 5.10 Å². The molecule has 5 heteroatoms. The van der Waals surface area contributed by atoms with E-state index < -0.39 is 0 Å². The van der Waals surface area contributed by atoms with Gasteiger partial charge in [-0.25, -0.2) is 0 Å². The highest BCUT2D eigenvalue weighted by molar-refractivity contribution is 5.80. The maximum Gasteiger partial charge on any atom is 0.161 e. The van der Waals surface area contributed by atoms with Crippen LogP contribution in [0, 0.1) is 0 Å². The molecule has 0 unspecified atom stereocenters. The first kappa shape index (κ1) is 14.4. The third kappa shape index (κ3) is 2.35. The SMILES string of the molecule is COc1cc(-c2n[nH]c3c2N2CCC3CC2)ccc1OC(C)C. The van der Waals surface area contributed by atoms with Crippen molar-refractivity contribution in [2.75, 3.05) is 25.1 Å². The molecule has 2 bridgehead atoms. The maximum absolute atomic E-state index is 5.81. The van der Waals surface area contributed by atoms with Gasteiger partial charge in [0, 0.05) is 24.6 Å². The van der Waals surface area contributed by atoms with Gasteiger partial charge in [-0.1, -0.05) is 0 Å². The van der Waals surface area contributed by atoms with Gasteiger partial charge in [-0.15, -0.1) is 0 Å². The number of piperidine rings is 1. The third-order valence-corrected chi connectivity index (χ3v) is 4.79. The number of aromatic amines is 1. The lowest BCUT2D eigenvalue weighted by molar-refractivity contribution is 0.230. The van der Waals surface area contributed by atoms with Crippen LogP contribution in [0.15, 0.2) is 18.2 Å². The van der Waals surface area contributed by atoms with Crippen LogP contribution in [-0.2, 0) is 0 Å². The second-order valence-electron chi connectivity index (χ2n) is 6.63. The summed E-state index contributed by atoms with van der Waals surface area (Å²) in [6, 6.07) is 6.07. The van der Waals surface area contributed by atoms with E-state index in [9.17, 15) is 0 Å². The van der Waals surface area contributed by atoms with Gasteiger partial charge in [0.05, 0.1) is 24.6 Å².